The summed E-state index contributed by atoms with van der Waals surface area (Å²) in [5.74, 6) is -0.0809. The molecular formula is C13H19N3O2. The van der Waals surface area contributed by atoms with Crippen molar-refractivity contribution in [2.24, 2.45) is 0 Å². The lowest BCUT2D eigenvalue weighted by Crippen LogP contribution is -2.45. The van der Waals surface area contributed by atoms with Gasteiger partial charge in [-0.05, 0) is 25.5 Å². The van der Waals surface area contributed by atoms with Crippen LogP contribution in [0.15, 0.2) is 23.0 Å². The number of carbonyl (C=O) groups excluding carboxylic acids is 1. The molecule has 0 radical (unpaired) electrons. The van der Waals surface area contributed by atoms with Gasteiger partial charge in [0.15, 0.2) is 0 Å². The first-order chi connectivity index (χ1) is 8.70. The first kappa shape index (κ1) is 12.8. The highest BCUT2D eigenvalue weighted by Gasteiger charge is 2.23. The predicted octanol–water partition coefficient (Wildman–Crippen LogP) is 0.589. The number of pyridine rings is 1. The van der Waals surface area contributed by atoms with Crippen LogP contribution in [-0.2, 0) is 0 Å². The molecule has 1 saturated heterocycles. The number of amides is 1. The Kier molecular flexibility index (Phi) is 4.15. The van der Waals surface area contributed by atoms with Crippen LogP contribution in [0.2, 0.25) is 0 Å². The van der Waals surface area contributed by atoms with Crippen LogP contribution in [0.25, 0.3) is 0 Å². The van der Waals surface area contributed by atoms with Crippen LogP contribution in [-0.4, -0.2) is 41.5 Å². The Morgan fingerprint density at radius 1 is 1.44 bits per heavy atom. The second kappa shape index (κ2) is 5.82. The van der Waals surface area contributed by atoms with E-state index in [0.717, 1.165) is 32.5 Å². The third-order valence-corrected chi connectivity index (χ3v) is 3.27. The molecule has 0 atom stereocenters. The number of nitrogens with zero attached hydrogens (tertiary/aromatic N) is 1. The van der Waals surface area contributed by atoms with Gasteiger partial charge in [0.25, 0.3) is 5.91 Å². The molecule has 2 N–H and O–H groups in total. The second-order valence-electron chi connectivity index (χ2n) is 4.55. The van der Waals surface area contributed by atoms with E-state index in [4.69, 9.17) is 0 Å². The average Bonchev–Trinajstić information content (AvgIpc) is 2.39. The van der Waals surface area contributed by atoms with Crippen molar-refractivity contribution in [2.45, 2.75) is 25.8 Å². The maximum atomic E-state index is 12.2. The highest BCUT2D eigenvalue weighted by atomic mass is 16.2. The number of likely N-dealkylation sites (tertiary alicyclic amines) is 1. The molecule has 5 nitrogen and oxygen atoms in total. The summed E-state index contributed by atoms with van der Waals surface area (Å²) in [4.78, 5) is 27.7. The number of carbonyl (C=O) groups is 1. The number of hydrogen-bond acceptors (Lipinski definition) is 3. The van der Waals surface area contributed by atoms with Crippen molar-refractivity contribution in [1.29, 1.82) is 0 Å². The third kappa shape index (κ3) is 2.98. The van der Waals surface area contributed by atoms with Crippen LogP contribution in [0.4, 0.5) is 0 Å². The molecule has 2 heterocycles. The molecule has 0 saturated carbocycles. The van der Waals surface area contributed by atoms with Gasteiger partial charge >= 0.3 is 0 Å². The van der Waals surface area contributed by atoms with E-state index < -0.39 is 0 Å². The van der Waals surface area contributed by atoms with E-state index in [0.29, 0.717) is 11.7 Å². The SMILES string of the molecule is CCNC1CCN(C(=O)c2cccc(=O)[nH]2)CC1. The standard InChI is InChI=1S/C13H19N3O2/c1-2-14-10-6-8-16(9-7-10)13(18)11-4-3-5-12(17)15-11/h3-5,10,14H,2,6-9H2,1H3,(H,15,17). The molecule has 1 aromatic heterocycles. The molecule has 1 fully saturated rings. The fourth-order valence-electron chi connectivity index (χ4n) is 2.32. The minimum Gasteiger partial charge on any atom is -0.337 e. The average molecular weight is 249 g/mol. The van der Waals surface area contributed by atoms with Crippen LogP contribution in [0.1, 0.15) is 30.3 Å². The Hall–Kier alpha value is -1.62. The Morgan fingerprint density at radius 2 is 2.17 bits per heavy atom. The fraction of sp³-hybridized carbons (Fsp3) is 0.538. The summed E-state index contributed by atoms with van der Waals surface area (Å²) in [6.45, 7) is 4.54. The van der Waals surface area contributed by atoms with Crippen molar-refractivity contribution in [3.8, 4) is 0 Å². The Morgan fingerprint density at radius 3 is 2.78 bits per heavy atom. The third-order valence-electron chi connectivity index (χ3n) is 3.27. The van der Waals surface area contributed by atoms with Gasteiger partial charge in [-0.1, -0.05) is 13.0 Å². The molecule has 0 spiro atoms. The monoisotopic (exact) mass is 249 g/mol. The van der Waals surface area contributed by atoms with Gasteiger partial charge < -0.3 is 15.2 Å². The smallest absolute Gasteiger partial charge is 0.270 e. The molecule has 5 heteroatoms. The number of piperidine rings is 1. The number of aromatic nitrogens is 1. The van der Waals surface area contributed by atoms with Crippen LogP contribution in [0.5, 0.6) is 0 Å². The van der Waals surface area contributed by atoms with Crippen molar-refractivity contribution in [1.82, 2.24) is 15.2 Å². The first-order valence-electron chi connectivity index (χ1n) is 6.42. The van der Waals surface area contributed by atoms with E-state index in [1.165, 1.54) is 6.07 Å². The van der Waals surface area contributed by atoms with Crippen LogP contribution < -0.4 is 10.9 Å². The van der Waals surface area contributed by atoms with E-state index in [1.807, 2.05) is 0 Å². The summed E-state index contributed by atoms with van der Waals surface area (Å²) in [7, 11) is 0. The van der Waals surface area contributed by atoms with Crippen molar-refractivity contribution in [3.63, 3.8) is 0 Å². The molecule has 0 aromatic carbocycles. The summed E-state index contributed by atoms with van der Waals surface area (Å²) < 4.78 is 0. The number of aromatic amines is 1. The number of rotatable bonds is 3. The van der Waals surface area contributed by atoms with Crippen LogP contribution in [0, 0.1) is 0 Å². The minimum absolute atomic E-state index is 0.0809. The van der Waals surface area contributed by atoms with Gasteiger partial charge in [-0.25, -0.2) is 0 Å². The molecule has 1 amide bonds. The van der Waals surface area contributed by atoms with Crippen LogP contribution in [0.3, 0.4) is 0 Å². The molecule has 1 aromatic rings. The maximum Gasteiger partial charge on any atom is 0.270 e. The number of H-pyrrole nitrogens is 1. The van der Waals surface area contributed by atoms with E-state index >= 15 is 0 Å². The lowest BCUT2D eigenvalue weighted by molar-refractivity contribution is 0.0699. The molecule has 18 heavy (non-hydrogen) atoms. The summed E-state index contributed by atoms with van der Waals surface area (Å²) >= 11 is 0. The molecule has 1 aliphatic rings. The van der Waals surface area contributed by atoms with Crippen molar-refractivity contribution in [2.75, 3.05) is 19.6 Å². The second-order valence-corrected chi connectivity index (χ2v) is 4.55. The summed E-state index contributed by atoms with van der Waals surface area (Å²) in [6.07, 6.45) is 1.94. The van der Waals surface area contributed by atoms with Crippen molar-refractivity contribution in [3.05, 3.63) is 34.2 Å². The zero-order chi connectivity index (χ0) is 13.0. The first-order valence-corrected chi connectivity index (χ1v) is 6.42. The zero-order valence-corrected chi connectivity index (χ0v) is 10.6. The molecule has 2 rings (SSSR count). The highest BCUT2D eigenvalue weighted by Crippen LogP contribution is 2.12. The van der Waals surface area contributed by atoms with Gasteiger partial charge in [-0.3, -0.25) is 9.59 Å². The van der Waals surface area contributed by atoms with Gasteiger partial charge in [-0.15, -0.1) is 0 Å². The van der Waals surface area contributed by atoms with E-state index in [-0.39, 0.29) is 11.5 Å². The number of nitrogens with one attached hydrogen (secondary N) is 2. The molecule has 0 bridgehead atoms. The van der Waals surface area contributed by atoms with Crippen molar-refractivity contribution < 1.29 is 4.79 Å². The molecule has 0 unspecified atom stereocenters. The predicted molar refractivity (Wildman–Crippen MR) is 69.7 cm³/mol. The lowest BCUT2D eigenvalue weighted by Gasteiger charge is -2.32. The lowest BCUT2D eigenvalue weighted by atomic mass is 10.0. The van der Waals surface area contributed by atoms with E-state index in [1.54, 1.807) is 17.0 Å². The van der Waals surface area contributed by atoms with Crippen LogP contribution >= 0.6 is 0 Å². The molecule has 0 aliphatic carbocycles. The normalized spacial score (nSPS) is 16.8. The topological polar surface area (TPSA) is 65.2 Å². The van der Waals surface area contributed by atoms with Gasteiger partial charge in [0.05, 0.1) is 0 Å². The van der Waals surface area contributed by atoms with Crippen molar-refractivity contribution >= 4 is 5.91 Å². The Balaban J connectivity index is 1.97. The van der Waals surface area contributed by atoms with Gasteiger partial charge in [0.1, 0.15) is 5.69 Å². The van der Waals surface area contributed by atoms with Gasteiger partial charge in [-0.2, -0.15) is 0 Å². The van der Waals surface area contributed by atoms with Gasteiger partial charge in [0.2, 0.25) is 5.56 Å². The largest absolute Gasteiger partial charge is 0.337 e. The summed E-state index contributed by atoms with van der Waals surface area (Å²) in [6, 6.07) is 5.18. The molecule has 98 valence electrons. The number of hydrogen-bond donors (Lipinski definition) is 2. The molecular weight excluding hydrogens is 230 g/mol. The highest BCUT2D eigenvalue weighted by molar-refractivity contribution is 5.92. The summed E-state index contributed by atoms with van der Waals surface area (Å²) in [5, 5.41) is 3.40. The zero-order valence-electron chi connectivity index (χ0n) is 10.6. The van der Waals surface area contributed by atoms with E-state index in [9.17, 15) is 9.59 Å². The summed E-state index contributed by atoms with van der Waals surface area (Å²) in [5.41, 5.74) is 0.146. The van der Waals surface area contributed by atoms with E-state index in [2.05, 4.69) is 17.2 Å². The maximum absolute atomic E-state index is 12.2. The van der Waals surface area contributed by atoms with Gasteiger partial charge in [0, 0.05) is 25.2 Å². The molecule has 1 aliphatic heterocycles. The Bertz CT molecular complexity index is 461. The Labute approximate surface area is 106 Å². The minimum atomic E-state index is -0.233. The fourth-order valence-corrected chi connectivity index (χ4v) is 2.32. The quantitative estimate of drug-likeness (QED) is 0.824.